The van der Waals surface area contributed by atoms with Gasteiger partial charge in [0.05, 0.1) is 11.5 Å². The summed E-state index contributed by atoms with van der Waals surface area (Å²) in [4.78, 5) is 12.5. The van der Waals surface area contributed by atoms with Crippen molar-refractivity contribution in [3.05, 3.63) is 11.6 Å². The zero-order valence-electron chi connectivity index (χ0n) is 22.2. The summed E-state index contributed by atoms with van der Waals surface area (Å²) in [5, 5.41) is 21.1. The maximum atomic E-state index is 12.5. The fraction of sp³-hybridized carbons (Fsp3) is 0.900. The summed E-state index contributed by atoms with van der Waals surface area (Å²) in [6.45, 7) is 17.0. The molecule has 0 aliphatic heterocycles. The Labute approximate surface area is 201 Å². The molecular weight excluding hydrogens is 408 g/mol. The van der Waals surface area contributed by atoms with Gasteiger partial charge >= 0.3 is 5.97 Å². The molecule has 0 aromatic heterocycles. The maximum absolute atomic E-state index is 12.5. The first-order chi connectivity index (χ1) is 15.3. The normalized spacial score (nSPS) is 58.2. The van der Waals surface area contributed by atoms with Gasteiger partial charge in [-0.1, -0.05) is 53.2 Å². The fourth-order valence-electron chi connectivity index (χ4n) is 10.8. The van der Waals surface area contributed by atoms with Gasteiger partial charge in [0.1, 0.15) is 0 Å². The molecule has 0 unspecified atom stereocenters. The first-order valence-electron chi connectivity index (χ1n) is 13.9. The number of aliphatic hydroxyl groups is 1. The zero-order valence-corrected chi connectivity index (χ0v) is 22.2. The Balaban J connectivity index is 1.60. The van der Waals surface area contributed by atoms with Crippen molar-refractivity contribution >= 4 is 5.97 Å². The van der Waals surface area contributed by atoms with Crippen molar-refractivity contribution in [3.63, 3.8) is 0 Å². The Bertz CT molecular complexity index is 878. The first-order valence-corrected chi connectivity index (χ1v) is 13.9. The highest BCUT2D eigenvalue weighted by Crippen LogP contribution is 2.75. The van der Waals surface area contributed by atoms with Gasteiger partial charge in [-0.05, 0) is 116 Å². The first kappa shape index (κ1) is 23.9. The molecule has 4 fully saturated rings. The second kappa shape index (κ2) is 7.11. The topological polar surface area (TPSA) is 57.5 Å². The third-order valence-corrected chi connectivity index (χ3v) is 13.5. The molecule has 0 aromatic carbocycles. The molecule has 3 heteroatoms. The van der Waals surface area contributed by atoms with Crippen LogP contribution in [-0.4, -0.2) is 22.3 Å². The molecule has 5 rings (SSSR count). The van der Waals surface area contributed by atoms with Crippen molar-refractivity contribution in [2.75, 3.05) is 0 Å². The van der Waals surface area contributed by atoms with Crippen molar-refractivity contribution in [1.82, 2.24) is 0 Å². The van der Waals surface area contributed by atoms with Gasteiger partial charge in [0, 0.05) is 0 Å². The molecule has 3 nitrogen and oxygen atoms in total. The Morgan fingerprint density at radius 1 is 0.909 bits per heavy atom. The van der Waals surface area contributed by atoms with Crippen LogP contribution < -0.4 is 0 Å². The number of aliphatic hydroxyl groups excluding tert-OH is 1. The lowest BCUT2D eigenvalue weighted by Crippen LogP contribution is -2.66. The Morgan fingerprint density at radius 3 is 2.27 bits per heavy atom. The lowest BCUT2D eigenvalue weighted by atomic mass is 9.33. The summed E-state index contributed by atoms with van der Waals surface area (Å²) in [6, 6.07) is 0. The number of carbonyl (C=O) groups is 1. The number of rotatable bonds is 1. The monoisotopic (exact) mass is 456 g/mol. The number of hydrogen-bond donors (Lipinski definition) is 2. The Morgan fingerprint density at radius 2 is 1.61 bits per heavy atom. The molecule has 0 saturated heterocycles. The van der Waals surface area contributed by atoms with Gasteiger partial charge in [-0.2, -0.15) is 0 Å². The van der Waals surface area contributed by atoms with Crippen LogP contribution in [0.15, 0.2) is 11.6 Å². The van der Waals surface area contributed by atoms with E-state index >= 15 is 0 Å². The zero-order chi connectivity index (χ0) is 24.2. The van der Waals surface area contributed by atoms with Gasteiger partial charge in [-0.3, -0.25) is 4.79 Å². The molecular formula is C30H48O3. The summed E-state index contributed by atoms with van der Waals surface area (Å²) in [7, 11) is 0. The minimum atomic E-state index is -1.03. The second-order valence-corrected chi connectivity index (χ2v) is 14.4. The molecule has 5 aliphatic carbocycles. The molecule has 4 saturated carbocycles. The van der Waals surface area contributed by atoms with Gasteiger partial charge in [-0.25, -0.2) is 0 Å². The van der Waals surface area contributed by atoms with Crippen LogP contribution in [-0.2, 0) is 4.79 Å². The van der Waals surface area contributed by atoms with Gasteiger partial charge in [0.25, 0.3) is 0 Å². The van der Waals surface area contributed by atoms with E-state index in [0.717, 1.165) is 37.5 Å². The van der Waals surface area contributed by atoms with E-state index in [1.54, 1.807) is 5.57 Å². The minimum Gasteiger partial charge on any atom is -0.481 e. The molecule has 0 heterocycles. The van der Waals surface area contributed by atoms with Crippen LogP contribution in [0.2, 0.25) is 0 Å². The van der Waals surface area contributed by atoms with Gasteiger partial charge in [-0.15, -0.1) is 0 Å². The summed E-state index contributed by atoms with van der Waals surface area (Å²) < 4.78 is 0. The minimum absolute atomic E-state index is 0.0311. The molecule has 0 bridgehead atoms. The lowest BCUT2D eigenvalue weighted by Gasteiger charge is -2.71. The van der Waals surface area contributed by atoms with Crippen LogP contribution in [0.1, 0.15) is 106 Å². The summed E-state index contributed by atoms with van der Waals surface area (Å²) in [5.74, 6) is 1.96. The maximum Gasteiger partial charge on any atom is 0.312 e. The number of carboxylic acid groups (broad SMARTS) is 1. The number of fused-ring (bicyclic) bond motifs is 7. The molecule has 0 aromatic rings. The van der Waals surface area contributed by atoms with E-state index in [4.69, 9.17) is 0 Å². The molecule has 11 atom stereocenters. The van der Waals surface area contributed by atoms with Gasteiger partial charge in [0.2, 0.25) is 0 Å². The molecule has 0 amide bonds. The largest absolute Gasteiger partial charge is 0.481 e. The quantitative estimate of drug-likeness (QED) is 0.414. The van der Waals surface area contributed by atoms with E-state index in [1.807, 2.05) is 6.92 Å². The molecule has 0 radical (unpaired) electrons. The van der Waals surface area contributed by atoms with Crippen LogP contribution in [0.25, 0.3) is 0 Å². The van der Waals surface area contributed by atoms with Crippen molar-refractivity contribution in [3.8, 4) is 0 Å². The lowest BCUT2D eigenvalue weighted by molar-refractivity contribution is -0.217. The van der Waals surface area contributed by atoms with Crippen LogP contribution in [0.5, 0.6) is 0 Å². The average molecular weight is 457 g/mol. The third kappa shape index (κ3) is 2.75. The standard InChI is InChI=1S/C30H48O3/c1-18-10-13-26(3)16-17-28(5)20(24(26)19(18)2)8-9-21-27(4)14-12-23(31)30(7,25(32)33)22(27)11-15-29(21,28)6/h8,18-19,21-24,31H,9-17H2,1-7H3,(H,32,33)/t18-,19-,21-,22-,23-,24-,26+,27+,28-,29+,30-/m0/s1. The fourth-order valence-corrected chi connectivity index (χ4v) is 10.8. The van der Waals surface area contributed by atoms with E-state index in [9.17, 15) is 15.0 Å². The predicted octanol–water partition coefficient (Wildman–Crippen LogP) is 7.09. The Hall–Kier alpha value is -0.830. The summed E-state index contributed by atoms with van der Waals surface area (Å²) >= 11 is 0. The van der Waals surface area contributed by atoms with Gasteiger partial charge in [0.15, 0.2) is 0 Å². The summed E-state index contributed by atoms with van der Waals surface area (Å²) in [6.07, 6.45) is 12.0. The van der Waals surface area contributed by atoms with E-state index in [1.165, 1.54) is 25.7 Å². The van der Waals surface area contributed by atoms with Crippen LogP contribution in [0.4, 0.5) is 0 Å². The van der Waals surface area contributed by atoms with Crippen LogP contribution >= 0.6 is 0 Å². The van der Waals surface area contributed by atoms with E-state index < -0.39 is 17.5 Å². The molecule has 0 spiro atoms. The van der Waals surface area contributed by atoms with Crippen molar-refractivity contribution in [1.29, 1.82) is 0 Å². The third-order valence-electron chi connectivity index (χ3n) is 13.5. The molecule has 186 valence electrons. The SMILES string of the molecule is C[C@@H]1[C@H]2C3=CC[C@H]4[C@@]5(C)CC[C@H](O)[C@@](C)(C(=O)O)[C@H]5CC[C@@]4(C)[C@@]3(C)CC[C@@]2(C)CC[C@@H]1C. The van der Waals surface area contributed by atoms with E-state index in [-0.39, 0.29) is 22.2 Å². The van der Waals surface area contributed by atoms with Crippen LogP contribution in [0, 0.1) is 56.7 Å². The number of allylic oxidation sites excluding steroid dienone is 2. The van der Waals surface area contributed by atoms with Gasteiger partial charge < -0.3 is 10.2 Å². The van der Waals surface area contributed by atoms with Crippen LogP contribution in [0.3, 0.4) is 0 Å². The van der Waals surface area contributed by atoms with E-state index in [0.29, 0.717) is 23.7 Å². The smallest absolute Gasteiger partial charge is 0.312 e. The highest BCUT2D eigenvalue weighted by molar-refractivity contribution is 5.76. The molecule has 33 heavy (non-hydrogen) atoms. The summed E-state index contributed by atoms with van der Waals surface area (Å²) in [5.41, 5.74) is 1.56. The van der Waals surface area contributed by atoms with E-state index in [2.05, 4.69) is 47.6 Å². The average Bonchev–Trinajstić information content (AvgIpc) is 2.75. The molecule has 5 aliphatic rings. The number of hydrogen-bond acceptors (Lipinski definition) is 2. The van der Waals surface area contributed by atoms with Crippen molar-refractivity contribution in [2.45, 2.75) is 112 Å². The highest BCUT2D eigenvalue weighted by atomic mass is 16.4. The number of carboxylic acids is 1. The Kier molecular flexibility index (Phi) is 5.15. The van der Waals surface area contributed by atoms with Crippen molar-refractivity contribution in [2.24, 2.45) is 56.7 Å². The molecule has 2 N–H and O–H groups in total. The van der Waals surface area contributed by atoms with Crippen molar-refractivity contribution < 1.29 is 15.0 Å². The predicted molar refractivity (Wildman–Crippen MR) is 133 cm³/mol. The highest BCUT2D eigenvalue weighted by Gasteiger charge is 2.69. The second-order valence-electron chi connectivity index (χ2n) is 14.4. The number of aliphatic carboxylic acids is 1.